The summed E-state index contributed by atoms with van der Waals surface area (Å²) in [5.41, 5.74) is 0.377. The van der Waals surface area contributed by atoms with Crippen LogP contribution in [-0.4, -0.2) is 11.9 Å². The Morgan fingerprint density at radius 2 is 1.77 bits per heavy atom. The Kier molecular flexibility index (Phi) is 3.25. The van der Waals surface area contributed by atoms with Crippen molar-refractivity contribution in [2.45, 2.75) is 31.7 Å². The molecule has 0 aliphatic heterocycles. The van der Waals surface area contributed by atoms with E-state index >= 15 is 0 Å². The Hall–Kier alpha value is -2.10. The van der Waals surface area contributed by atoms with Gasteiger partial charge in [-0.05, 0) is 61.8 Å². The van der Waals surface area contributed by atoms with Crippen LogP contribution in [0.1, 0.15) is 36.2 Å². The van der Waals surface area contributed by atoms with E-state index < -0.39 is 0 Å². The zero-order valence-corrected chi connectivity index (χ0v) is 12.2. The largest absolute Gasteiger partial charge is 0.451 e. The predicted octanol–water partition coefficient (Wildman–Crippen LogP) is 4.00. The number of furan rings is 1. The van der Waals surface area contributed by atoms with Crippen molar-refractivity contribution in [3.63, 3.8) is 0 Å². The van der Waals surface area contributed by atoms with Crippen molar-refractivity contribution in [1.82, 2.24) is 5.32 Å². The minimum Gasteiger partial charge on any atom is -0.451 e. The van der Waals surface area contributed by atoms with Gasteiger partial charge in [-0.25, -0.2) is 4.39 Å². The number of halogens is 1. The lowest BCUT2D eigenvalue weighted by molar-refractivity contribution is 0.0899. The number of nitrogens with one attached hydrogen (secondary N) is 1. The van der Waals surface area contributed by atoms with E-state index in [-0.39, 0.29) is 23.5 Å². The first-order valence-corrected chi connectivity index (χ1v) is 7.88. The quantitative estimate of drug-likeness (QED) is 0.906. The van der Waals surface area contributed by atoms with Crippen molar-refractivity contribution in [3.8, 4) is 11.3 Å². The van der Waals surface area contributed by atoms with Gasteiger partial charge in [-0.1, -0.05) is 12.1 Å². The Bertz CT molecular complexity index is 689. The molecule has 1 N–H and O–H groups in total. The molecular formula is C18H18FNO2. The number of benzene rings is 1. The summed E-state index contributed by atoms with van der Waals surface area (Å²) in [7, 11) is 0. The molecule has 0 unspecified atom stereocenters. The molecule has 0 saturated heterocycles. The second-order valence-corrected chi connectivity index (χ2v) is 6.32. The van der Waals surface area contributed by atoms with Gasteiger partial charge in [0.05, 0.1) is 5.56 Å². The fourth-order valence-corrected chi connectivity index (χ4v) is 3.02. The number of carbonyl (C=O) groups is 1. The molecule has 0 spiro atoms. The van der Waals surface area contributed by atoms with E-state index in [1.807, 2.05) is 0 Å². The summed E-state index contributed by atoms with van der Waals surface area (Å²) in [4.78, 5) is 12.4. The average molecular weight is 299 g/mol. The van der Waals surface area contributed by atoms with Crippen molar-refractivity contribution in [2.24, 2.45) is 11.8 Å². The van der Waals surface area contributed by atoms with Crippen LogP contribution >= 0.6 is 0 Å². The average Bonchev–Trinajstić information content (AvgIpc) is 3.44. The molecule has 2 aromatic rings. The normalized spacial score (nSPS) is 17.7. The minimum atomic E-state index is -0.349. The highest BCUT2D eigenvalue weighted by atomic mass is 19.1. The summed E-state index contributed by atoms with van der Waals surface area (Å²) < 4.78 is 19.3. The number of carbonyl (C=O) groups excluding carboxylic acids is 1. The summed E-state index contributed by atoms with van der Waals surface area (Å²) in [5, 5.41) is 3.11. The molecule has 0 atom stereocenters. The molecule has 2 aliphatic carbocycles. The predicted molar refractivity (Wildman–Crippen MR) is 80.8 cm³/mol. The molecule has 2 aliphatic rings. The van der Waals surface area contributed by atoms with Crippen LogP contribution in [0.2, 0.25) is 0 Å². The van der Waals surface area contributed by atoms with Gasteiger partial charge in [-0.2, -0.15) is 0 Å². The molecular weight excluding hydrogens is 281 g/mol. The molecule has 1 aromatic carbocycles. The van der Waals surface area contributed by atoms with Crippen LogP contribution in [-0.2, 0) is 0 Å². The molecule has 3 nitrogen and oxygen atoms in total. The number of hydrogen-bond donors (Lipinski definition) is 1. The Morgan fingerprint density at radius 3 is 2.41 bits per heavy atom. The highest BCUT2D eigenvalue weighted by Crippen LogP contribution is 2.44. The standard InChI is InChI=1S/C18H18FNO2/c19-14-4-2-1-3-13(14)15-9-10-16(22-15)18(21)20-17(11-5-6-11)12-7-8-12/h1-4,9-12,17H,5-8H2,(H,20,21). The van der Waals surface area contributed by atoms with Gasteiger partial charge >= 0.3 is 0 Å². The van der Waals surface area contributed by atoms with Crippen molar-refractivity contribution in [3.05, 3.63) is 48.0 Å². The maximum Gasteiger partial charge on any atom is 0.287 e. The van der Waals surface area contributed by atoms with E-state index in [0.29, 0.717) is 23.2 Å². The molecule has 1 aromatic heterocycles. The van der Waals surface area contributed by atoms with Gasteiger partial charge in [0.1, 0.15) is 11.6 Å². The smallest absolute Gasteiger partial charge is 0.287 e. The monoisotopic (exact) mass is 299 g/mol. The van der Waals surface area contributed by atoms with E-state index in [2.05, 4.69) is 5.32 Å². The fourth-order valence-electron chi connectivity index (χ4n) is 3.02. The Morgan fingerprint density at radius 1 is 1.09 bits per heavy atom. The van der Waals surface area contributed by atoms with Crippen molar-refractivity contribution < 1.29 is 13.6 Å². The minimum absolute atomic E-state index is 0.189. The lowest BCUT2D eigenvalue weighted by Crippen LogP contribution is -2.37. The van der Waals surface area contributed by atoms with Crippen molar-refractivity contribution in [1.29, 1.82) is 0 Å². The van der Waals surface area contributed by atoms with Crippen LogP contribution in [0, 0.1) is 17.7 Å². The molecule has 1 heterocycles. The van der Waals surface area contributed by atoms with Gasteiger partial charge in [0.2, 0.25) is 0 Å². The maximum atomic E-state index is 13.8. The Labute approximate surface area is 128 Å². The third-order valence-corrected chi connectivity index (χ3v) is 4.53. The van der Waals surface area contributed by atoms with Crippen molar-refractivity contribution in [2.75, 3.05) is 0 Å². The van der Waals surface area contributed by atoms with Crippen LogP contribution in [0.3, 0.4) is 0 Å². The third-order valence-electron chi connectivity index (χ3n) is 4.53. The van der Waals surface area contributed by atoms with Gasteiger partial charge in [0, 0.05) is 6.04 Å². The SMILES string of the molecule is O=C(NC(C1CC1)C1CC1)c1ccc(-c2ccccc2F)o1. The number of hydrogen-bond acceptors (Lipinski definition) is 2. The zero-order valence-electron chi connectivity index (χ0n) is 12.2. The van der Waals surface area contributed by atoms with Crippen LogP contribution in [0.5, 0.6) is 0 Å². The van der Waals surface area contributed by atoms with Gasteiger partial charge in [-0.3, -0.25) is 4.79 Å². The molecule has 1 amide bonds. The molecule has 114 valence electrons. The highest BCUT2D eigenvalue weighted by Gasteiger charge is 2.42. The Balaban J connectivity index is 1.51. The zero-order chi connectivity index (χ0) is 15.1. The van der Waals surface area contributed by atoms with Crippen LogP contribution in [0.15, 0.2) is 40.8 Å². The summed E-state index contributed by atoms with van der Waals surface area (Å²) in [6.07, 6.45) is 4.83. The number of rotatable bonds is 5. The molecule has 0 radical (unpaired) electrons. The molecule has 4 rings (SSSR count). The highest BCUT2D eigenvalue weighted by molar-refractivity contribution is 5.92. The molecule has 4 heteroatoms. The summed E-state index contributed by atoms with van der Waals surface area (Å²) in [6, 6.07) is 9.96. The maximum absolute atomic E-state index is 13.8. The summed E-state index contributed by atoms with van der Waals surface area (Å²) in [6.45, 7) is 0. The van der Waals surface area contributed by atoms with E-state index in [4.69, 9.17) is 4.42 Å². The van der Waals surface area contributed by atoms with Gasteiger partial charge in [0.15, 0.2) is 5.76 Å². The van der Waals surface area contributed by atoms with E-state index in [1.54, 1.807) is 30.3 Å². The van der Waals surface area contributed by atoms with Crippen molar-refractivity contribution >= 4 is 5.91 Å². The van der Waals surface area contributed by atoms with Crippen LogP contribution in [0.4, 0.5) is 4.39 Å². The van der Waals surface area contributed by atoms with Gasteiger partial charge in [0.25, 0.3) is 5.91 Å². The topological polar surface area (TPSA) is 42.2 Å². The summed E-state index contributed by atoms with van der Waals surface area (Å²) in [5.74, 6) is 1.38. The lowest BCUT2D eigenvalue weighted by atomic mass is 10.1. The second-order valence-electron chi connectivity index (χ2n) is 6.32. The first-order chi connectivity index (χ1) is 10.7. The fraction of sp³-hybridized carbons (Fsp3) is 0.389. The first kappa shape index (κ1) is 13.6. The van der Waals surface area contributed by atoms with E-state index in [1.165, 1.54) is 31.7 Å². The third kappa shape index (κ3) is 2.65. The van der Waals surface area contributed by atoms with Gasteiger partial charge in [-0.15, -0.1) is 0 Å². The molecule has 0 bridgehead atoms. The van der Waals surface area contributed by atoms with Gasteiger partial charge < -0.3 is 9.73 Å². The first-order valence-electron chi connectivity index (χ1n) is 7.88. The molecule has 2 fully saturated rings. The van der Waals surface area contributed by atoms with Crippen LogP contribution in [0.25, 0.3) is 11.3 Å². The second kappa shape index (κ2) is 5.27. The lowest BCUT2D eigenvalue weighted by Gasteiger charge is -2.16. The summed E-state index contributed by atoms with van der Waals surface area (Å²) >= 11 is 0. The molecule has 2 saturated carbocycles. The van der Waals surface area contributed by atoms with E-state index in [9.17, 15) is 9.18 Å². The van der Waals surface area contributed by atoms with Crippen LogP contribution < -0.4 is 5.32 Å². The van der Waals surface area contributed by atoms with E-state index in [0.717, 1.165) is 0 Å². The molecule has 22 heavy (non-hydrogen) atoms. The number of amides is 1.